The summed E-state index contributed by atoms with van der Waals surface area (Å²) in [6.45, 7) is 9.69. The predicted octanol–water partition coefficient (Wildman–Crippen LogP) is 25.8. The number of esters is 4. The van der Waals surface area contributed by atoms with Crippen molar-refractivity contribution in [2.75, 3.05) is 39.6 Å². The van der Waals surface area contributed by atoms with Gasteiger partial charge in [-0.05, 0) is 37.5 Å². The number of unbranched alkanes of at least 4 members (excludes halogenated alkanes) is 54. The van der Waals surface area contributed by atoms with Crippen molar-refractivity contribution in [3.05, 3.63) is 0 Å². The number of rotatable bonds is 84. The Bertz CT molecular complexity index is 1990. The topological polar surface area (TPSA) is 237 Å². The summed E-state index contributed by atoms with van der Waals surface area (Å²) < 4.78 is 68.9. The summed E-state index contributed by atoms with van der Waals surface area (Å²) in [5.74, 6) is -0.537. The van der Waals surface area contributed by atoms with E-state index in [2.05, 4.69) is 41.5 Å². The van der Waals surface area contributed by atoms with Gasteiger partial charge in [0.1, 0.15) is 19.3 Å². The van der Waals surface area contributed by atoms with Gasteiger partial charge in [-0.15, -0.1) is 0 Å². The third-order valence-corrected chi connectivity index (χ3v) is 21.9. The van der Waals surface area contributed by atoms with Crippen LogP contribution in [0.25, 0.3) is 0 Å². The van der Waals surface area contributed by atoms with Crippen molar-refractivity contribution in [2.45, 2.75) is 471 Å². The zero-order valence-electron chi connectivity index (χ0n) is 68.3. The van der Waals surface area contributed by atoms with E-state index in [1.54, 1.807) is 0 Å². The third kappa shape index (κ3) is 78.2. The molecule has 0 bridgehead atoms. The highest BCUT2D eigenvalue weighted by Crippen LogP contribution is 2.45. The first-order valence-corrected chi connectivity index (χ1v) is 47.0. The van der Waals surface area contributed by atoms with Gasteiger partial charge in [-0.1, -0.05) is 401 Å². The zero-order chi connectivity index (χ0) is 76.4. The Morgan fingerprint density at radius 2 is 0.442 bits per heavy atom. The van der Waals surface area contributed by atoms with Gasteiger partial charge in [0, 0.05) is 25.7 Å². The second kappa shape index (κ2) is 76.4. The van der Waals surface area contributed by atoms with Gasteiger partial charge in [0.25, 0.3) is 0 Å². The molecular formula is C85H166O17P2. The van der Waals surface area contributed by atoms with Gasteiger partial charge >= 0.3 is 39.5 Å². The summed E-state index contributed by atoms with van der Waals surface area (Å²) in [6.07, 6.45) is 67.9. The lowest BCUT2D eigenvalue weighted by molar-refractivity contribution is -0.161. The van der Waals surface area contributed by atoms with E-state index in [9.17, 15) is 43.2 Å². The Morgan fingerprint density at radius 1 is 0.260 bits per heavy atom. The third-order valence-electron chi connectivity index (χ3n) is 20.0. The van der Waals surface area contributed by atoms with E-state index >= 15 is 0 Å². The second-order valence-corrected chi connectivity index (χ2v) is 34.4. The maximum absolute atomic E-state index is 13.1. The molecule has 19 heteroatoms. The summed E-state index contributed by atoms with van der Waals surface area (Å²) in [5.41, 5.74) is 0. The highest BCUT2D eigenvalue weighted by Gasteiger charge is 2.30. The van der Waals surface area contributed by atoms with Crippen molar-refractivity contribution >= 4 is 39.5 Å². The van der Waals surface area contributed by atoms with E-state index < -0.39 is 97.5 Å². The standard InChI is InChI=1S/C85H166O17P2/c1-7-9-11-13-15-17-19-21-22-23-24-25-26-27-33-39-45-51-57-63-69-84(89)101-80(73-96-83(88)68-62-56-50-44-38-32-29-28-31-35-41-47-53-59-65-77(3)4)75-99-103(91,92)97-71-79(86)72-98-104(93,94)100-76-81(74-95-82(87)67-61-55-49-43-37-30-20-18-16-14-12-10-8-2)102-85(90)70-64-58-52-46-40-34-36-42-48-54-60-66-78(5)6/h77-81,86H,7-76H2,1-6H3,(H,91,92)(H,93,94)/t79-,80-,81-/m1/s1. The summed E-state index contributed by atoms with van der Waals surface area (Å²) in [6, 6.07) is 0. The van der Waals surface area contributed by atoms with Gasteiger partial charge in [0.05, 0.1) is 26.4 Å². The lowest BCUT2D eigenvalue weighted by Crippen LogP contribution is -2.30. The van der Waals surface area contributed by atoms with Crippen molar-refractivity contribution in [2.24, 2.45) is 11.8 Å². The van der Waals surface area contributed by atoms with E-state index in [1.807, 2.05) is 0 Å². The van der Waals surface area contributed by atoms with Crippen LogP contribution in [0.3, 0.4) is 0 Å². The van der Waals surface area contributed by atoms with Crippen LogP contribution in [0.1, 0.15) is 452 Å². The molecular weight excluding hydrogens is 1350 g/mol. The number of aliphatic hydroxyl groups excluding tert-OH is 1. The molecule has 0 saturated heterocycles. The molecule has 0 heterocycles. The first-order chi connectivity index (χ1) is 50.4. The average Bonchev–Trinajstić information content (AvgIpc) is 0.906. The number of carbonyl (C=O) groups excluding carboxylic acids is 4. The van der Waals surface area contributed by atoms with Crippen molar-refractivity contribution in [3.8, 4) is 0 Å². The number of hydrogen-bond donors (Lipinski definition) is 3. The molecule has 0 aromatic carbocycles. The quantitative estimate of drug-likeness (QED) is 0.0222. The first kappa shape index (κ1) is 102. The minimum atomic E-state index is -4.97. The van der Waals surface area contributed by atoms with E-state index in [0.29, 0.717) is 25.7 Å². The molecule has 0 aromatic rings. The van der Waals surface area contributed by atoms with E-state index in [-0.39, 0.29) is 25.7 Å². The maximum atomic E-state index is 13.1. The van der Waals surface area contributed by atoms with Gasteiger partial charge < -0.3 is 33.8 Å². The molecule has 3 N–H and O–H groups in total. The average molecular weight is 1520 g/mol. The minimum Gasteiger partial charge on any atom is -0.462 e. The van der Waals surface area contributed by atoms with E-state index in [4.69, 9.17) is 37.0 Å². The van der Waals surface area contributed by atoms with Gasteiger partial charge in [-0.2, -0.15) is 0 Å². The molecule has 104 heavy (non-hydrogen) atoms. The van der Waals surface area contributed by atoms with Crippen molar-refractivity contribution in [3.63, 3.8) is 0 Å². The Kier molecular flexibility index (Phi) is 75.0. The largest absolute Gasteiger partial charge is 0.472 e. The Morgan fingerprint density at radius 3 is 0.654 bits per heavy atom. The molecule has 0 aliphatic carbocycles. The number of phosphoric acid groups is 2. The van der Waals surface area contributed by atoms with Crippen LogP contribution >= 0.6 is 15.6 Å². The molecule has 0 fully saturated rings. The fourth-order valence-electron chi connectivity index (χ4n) is 13.2. The number of hydrogen-bond acceptors (Lipinski definition) is 15. The maximum Gasteiger partial charge on any atom is 0.472 e. The Labute approximate surface area is 638 Å². The summed E-state index contributed by atoms with van der Waals surface area (Å²) in [7, 11) is -9.93. The summed E-state index contributed by atoms with van der Waals surface area (Å²) in [4.78, 5) is 73.2. The van der Waals surface area contributed by atoms with Gasteiger partial charge in [0.2, 0.25) is 0 Å². The first-order valence-electron chi connectivity index (χ1n) is 44.0. The molecule has 0 aromatic heterocycles. The van der Waals surface area contributed by atoms with Crippen LogP contribution in [0.4, 0.5) is 0 Å². The van der Waals surface area contributed by atoms with Crippen LogP contribution in [-0.2, 0) is 65.4 Å². The summed E-state index contributed by atoms with van der Waals surface area (Å²) >= 11 is 0. The predicted molar refractivity (Wildman–Crippen MR) is 428 cm³/mol. The number of aliphatic hydroxyl groups is 1. The number of phosphoric ester groups is 2. The molecule has 17 nitrogen and oxygen atoms in total. The molecule has 0 rings (SSSR count). The number of carbonyl (C=O) groups is 4. The Hall–Kier alpha value is -1.94. The van der Waals surface area contributed by atoms with Gasteiger partial charge in [-0.25, -0.2) is 9.13 Å². The normalized spacial score (nSPS) is 13.8. The highest BCUT2D eigenvalue weighted by atomic mass is 31.2. The number of ether oxygens (including phenoxy) is 4. The molecule has 0 saturated carbocycles. The molecule has 0 amide bonds. The molecule has 0 spiro atoms. The van der Waals surface area contributed by atoms with E-state index in [1.165, 1.54) is 270 Å². The highest BCUT2D eigenvalue weighted by molar-refractivity contribution is 7.47. The van der Waals surface area contributed by atoms with E-state index in [0.717, 1.165) is 102 Å². The van der Waals surface area contributed by atoms with Crippen LogP contribution < -0.4 is 0 Å². The molecule has 618 valence electrons. The fourth-order valence-corrected chi connectivity index (χ4v) is 14.8. The zero-order valence-corrected chi connectivity index (χ0v) is 70.1. The van der Waals surface area contributed by atoms with Crippen LogP contribution in [0, 0.1) is 11.8 Å². The molecule has 0 radical (unpaired) electrons. The lowest BCUT2D eigenvalue weighted by Gasteiger charge is -2.21. The van der Waals surface area contributed by atoms with Crippen LogP contribution in [0.5, 0.6) is 0 Å². The van der Waals surface area contributed by atoms with Gasteiger partial charge in [0.15, 0.2) is 12.2 Å². The minimum absolute atomic E-state index is 0.107. The monoisotopic (exact) mass is 1520 g/mol. The second-order valence-electron chi connectivity index (χ2n) is 31.5. The van der Waals surface area contributed by atoms with Crippen molar-refractivity contribution in [1.82, 2.24) is 0 Å². The Balaban J connectivity index is 5.26. The molecule has 0 aliphatic heterocycles. The molecule has 2 unspecified atom stereocenters. The van der Waals surface area contributed by atoms with Crippen molar-refractivity contribution in [1.29, 1.82) is 0 Å². The van der Waals surface area contributed by atoms with Crippen molar-refractivity contribution < 1.29 is 80.2 Å². The smallest absolute Gasteiger partial charge is 0.462 e. The SMILES string of the molecule is CCCCCCCCCCCCCCCCCCCCCCC(=O)O[C@H](COC(=O)CCCCCCCCCCCCCCCCC(C)C)COP(=O)(O)OC[C@@H](O)COP(=O)(O)OC[C@@H](COC(=O)CCCCCCCCCCCCCCC)OC(=O)CCCCCCCCCCCCCC(C)C. The van der Waals surface area contributed by atoms with Crippen LogP contribution in [0.15, 0.2) is 0 Å². The fraction of sp³-hybridized carbons (Fsp3) is 0.953. The van der Waals surface area contributed by atoms with Gasteiger partial charge in [-0.3, -0.25) is 37.3 Å². The van der Waals surface area contributed by atoms with Crippen LogP contribution in [0.2, 0.25) is 0 Å². The molecule has 0 aliphatic rings. The molecule has 5 atom stereocenters. The summed E-state index contributed by atoms with van der Waals surface area (Å²) in [5, 5.41) is 10.7. The lowest BCUT2D eigenvalue weighted by atomic mass is 10.0. The van der Waals surface area contributed by atoms with Crippen LogP contribution in [-0.4, -0.2) is 96.7 Å².